The largest absolute Gasteiger partial charge is 0.387 e. The summed E-state index contributed by atoms with van der Waals surface area (Å²) in [6.45, 7) is 2.22. The van der Waals surface area contributed by atoms with Crippen molar-refractivity contribution in [1.29, 1.82) is 0 Å². The van der Waals surface area contributed by atoms with E-state index in [9.17, 15) is 0 Å². The zero-order valence-electron chi connectivity index (χ0n) is 10.8. The Labute approximate surface area is 104 Å². The van der Waals surface area contributed by atoms with Crippen LogP contribution < -0.4 is 5.32 Å². The van der Waals surface area contributed by atoms with Crippen LogP contribution in [0.3, 0.4) is 0 Å². The number of anilines is 1. The number of rotatable bonds is 4. The quantitative estimate of drug-likeness (QED) is 0.865. The molecule has 2 heterocycles. The van der Waals surface area contributed by atoms with Crippen molar-refractivity contribution in [3.63, 3.8) is 0 Å². The summed E-state index contributed by atoms with van der Waals surface area (Å²) in [5.41, 5.74) is 2.35. The SMILES string of the molecule is CCC[C@@H]1CCCC(c2ccncc2NC)O1. The second-order valence-corrected chi connectivity index (χ2v) is 4.68. The van der Waals surface area contributed by atoms with Crippen LogP contribution in [0.15, 0.2) is 18.5 Å². The first kappa shape index (κ1) is 12.4. The van der Waals surface area contributed by atoms with E-state index in [2.05, 4.69) is 23.3 Å². The van der Waals surface area contributed by atoms with Crippen molar-refractivity contribution in [2.75, 3.05) is 12.4 Å². The van der Waals surface area contributed by atoms with Gasteiger partial charge in [0.05, 0.1) is 24.1 Å². The molecular formula is C14H22N2O. The summed E-state index contributed by atoms with van der Waals surface area (Å²) in [6, 6.07) is 2.07. The predicted molar refractivity (Wildman–Crippen MR) is 70.2 cm³/mol. The second kappa shape index (κ2) is 6.01. The van der Waals surface area contributed by atoms with Gasteiger partial charge in [-0.3, -0.25) is 4.98 Å². The normalized spacial score (nSPS) is 24.6. The fourth-order valence-electron chi connectivity index (χ4n) is 2.56. The van der Waals surface area contributed by atoms with Crippen LogP contribution in [0, 0.1) is 0 Å². The molecule has 1 aromatic heterocycles. The zero-order valence-corrected chi connectivity index (χ0v) is 10.8. The van der Waals surface area contributed by atoms with E-state index in [0.717, 1.165) is 12.1 Å². The first-order valence-corrected chi connectivity index (χ1v) is 6.62. The average Bonchev–Trinajstić information content (AvgIpc) is 2.39. The molecule has 1 fully saturated rings. The van der Waals surface area contributed by atoms with Crippen molar-refractivity contribution in [3.05, 3.63) is 24.0 Å². The van der Waals surface area contributed by atoms with Crippen molar-refractivity contribution < 1.29 is 4.74 Å². The van der Waals surface area contributed by atoms with Gasteiger partial charge < -0.3 is 10.1 Å². The smallest absolute Gasteiger partial charge is 0.0849 e. The summed E-state index contributed by atoms with van der Waals surface area (Å²) in [5.74, 6) is 0. The molecule has 1 saturated heterocycles. The maximum atomic E-state index is 6.19. The highest BCUT2D eigenvalue weighted by Crippen LogP contribution is 2.35. The molecule has 0 amide bonds. The van der Waals surface area contributed by atoms with E-state index in [4.69, 9.17) is 4.74 Å². The number of pyridine rings is 1. The summed E-state index contributed by atoms with van der Waals surface area (Å²) >= 11 is 0. The van der Waals surface area contributed by atoms with Gasteiger partial charge in [-0.05, 0) is 31.7 Å². The van der Waals surface area contributed by atoms with Crippen molar-refractivity contribution in [2.24, 2.45) is 0 Å². The lowest BCUT2D eigenvalue weighted by molar-refractivity contribution is -0.0547. The third-order valence-corrected chi connectivity index (χ3v) is 3.43. The molecule has 3 heteroatoms. The van der Waals surface area contributed by atoms with E-state index in [1.54, 1.807) is 0 Å². The minimum absolute atomic E-state index is 0.241. The minimum atomic E-state index is 0.241. The van der Waals surface area contributed by atoms with Gasteiger partial charge in [0.2, 0.25) is 0 Å². The van der Waals surface area contributed by atoms with Crippen LogP contribution in [0.1, 0.15) is 50.7 Å². The molecule has 2 atom stereocenters. The van der Waals surface area contributed by atoms with Crippen LogP contribution >= 0.6 is 0 Å². The Morgan fingerprint density at radius 1 is 1.47 bits per heavy atom. The Kier molecular flexibility index (Phi) is 4.37. The van der Waals surface area contributed by atoms with Gasteiger partial charge in [0.15, 0.2) is 0 Å². The maximum absolute atomic E-state index is 6.19. The van der Waals surface area contributed by atoms with Crippen molar-refractivity contribution >= 4 is 5.69 Å². The van der Waals surface area contributed by atoms with Crippen LogP contribution in [0.2, 0.25) is 0 Å². The Hall–Kier alpha value is -1.09. The van der Waals surface area contributed by atoms with Crippen molar-refractivity contribution in [3.8, 4) is 0 Å². The summed E-state index contributed by atoms with van der Waals surface area (Å²) in [6.07, 6.45) is 10.4. The molecule has 0 aliphatic carbocycles. The number of ether oxygens (including phenoxy) is 1. The molecule has 0 bridgehead atoms. The number of hydrogen-bond donors (Lipinski definition) is 1. The van der Waals surface area contributed by atoms with Gasteiger partial charge in [0.1, 0.15) is 0 Å². The third-order valence-electron chi connectivity index (χ3n) is 3.43. The maximum Gasteiger partial charge on any atom is 0.0849 e. The molecule has 0 radical (unpaired) electrons. The standard InChI is InChI=1S/C14H22N2O/c1-3-5-11-6-4-7-14(17-11)12-8-9-16-10-13(12)15-2/h8-11,14-15H,3-7H2,1-2H3/t11-,14?/m1/s1. The van der Waals surface area contributed by atoms with Crippen LogP contribution in [0.4, 0.5) is 5.69 Å². The van der Waals surface area contributed by atoms with E-state index in [-0.39, 0.29) is 6.10 Å². The number of hydrogen-bond acceptors (Lipinski definition) is 3. The fraction of sp³-hybridized carbons (Fsp3) is 0.643. The number of nitrogens with zero attached hydrogens (tertiary/aromatic N) is 1. The Bertz CT molecular complexity index is 352. The Balaban J connectivity index is 2.10. The minimum Gasteiger partial charge on any atom is -0.387 e. The molecule has 0 aromatic carbocycles. The van der Waals surface area contributed by atoms with Crippen LogP contribution in [0.5, 0.6) is 0 Å². The summed E-state index contributed by atoms with van der Waals surface area (Å²) in [5, 5.41) is 3.20. The molecule has 1 aliphatic rings. The molecule has 1 N–H and O–H groups in total. The number of nitrogens with one attached hydrogen (secondary N) is 1. The highest BCUT2D eigenvalue weighted by atomic mass is 16.5. The van der Waals surface area contributed by atoms with Crippen LogP contribution in [-0.4, -0.2) is 18.1 Å². The average molecular weight is 234 g/mol. The van der Waals surface area contributed by atoms with Gasteiger partial charge in [-0.25, -0.2) is 0 Å². The zero-order chi connectivity index (χ0) is 12.1. The lowest BCUT2D eigenvalue weighted by Crippen LogP contribution is -2.22. The van der Waals surface area contributed by atoms with E-state index >= 15 is 0 Å². The monoisotopic (exact) mass is 234 g/mol. The molecule has 3 nitrogen and oxygen atoms in total. The Morgan fingerprint density at radius 2 is 2.35 bits per heavy atom. The summed E-state index contributed by atoms with van der Waals surface area (Å²) in [7, 11) is 1.94. The molecule has 0 saturated carbocycles. The first-order chi connectivity index (χ1) is 8.35. The highest BCUT2D eigenvalue weighted by Gasteiger charge is 2.24. The molecule has 94 valence electrons. The van der Waals surface area contributed by atoms with E-state index in [0.29, 0.717) is 6.10 Å². The topological polar surface area (TPSA) is 34.2 Å². The van der Waals surface area contributed by atoms with Crippen molar-refractivity contribution in [2.45, 2.75) is 51.2 Å². The second-order valence-electron chi connectivity index (χ2n) is 4.68. The lowest BCUT2D eigenvalue weighted by Gasteiger charge is -2.31. The van der Waals surface area contributed by atoms with Gasteiger partial charge in [-0.2, -0.15) is 0 Å². The molecular weight excluding hydrogens is 212 g/mol. The highest BCUT2D eigenvalue weighted by molar-refractivity contribution is 5.49. The molecule has 1 aromatic rings. The molecule has 1 aliphatic heterocycles. The molecule has 1 unspecified atom stereocenters. The summed E-state index contributed by atoms with van der Waals surface area (Å²) < 4.78 is 6.19. The third kappa shape index (κ3) is 2.97. The predicted octanol–water partition coefficient (Wildman–Crippen LogP) is 3.53. The fourth-order valence-corrected chi connectivity index (χ4v) is 2.56. The summed E-state index contributed by atoms with van der Waals surface area (Å²) in [4.78, 5) is 4.15. The lowest BCUT2D eigenvalue weighted by atomic mass is 9.96. The van der Waals surface area contributed by atoms with Crippen molar-refractivity contribution in [1.82, 2.24) is 4.98 Å². The Morgan fingerprint density at radius 3 is 3.12 bits per heavy atom. The van der Waals surface area contributed by atoms with Crippen LogP contribution in [-0.2, 0) is 4.74 Å². The number of aromatic nitrogens is 1. The van der Waals surface area contributed by atoms with Gasteiger partial charge >= 0.3 is 0 Å². The van der Waals surface area contributed by atoms with E-state index in [1.165, 1.54) is 31.2 Å². The van der Waals surface area contributed by atoms with Gasteiger partial charge in [0.25, 0.3) is 0 Å². The molecule has 17 heavy (non-hydrogen) atoms. The first-order valence-electron chi connectivity index (χ1n) is 6.62. The van der Waals surface area contributed by atoms with E-state index in [1.807, 2.05) is 19.4 Å². The van der Waals surface area contributed by atoms with E-state index < -0.39 is 0 Å². The molecule has 0 spiro atoms. The van der Waals surface area contributed by atoms with Gasteiger partial charge in [-0.1, -0.05) is 13.3 Å². The van der Waals surface area contributed by atoms with Gasteiger partial charge in [0, 0.05) is 18.8 Å². The molecule has 2 rings (SSSR count). The van der Waals surface area contributed by atoms with Gasteiger partial charge in [-0.15, -0.1) is 0 Å². The van der Waals surface area contributed by atoms with Crippen LogP contribution in [0.25, 0.3) is 0 Å².